The van der Waals surface area contributed by atoms with Gasteiger partial charge in [-0.15, -0.1) is 0 Å². The highest BCUT2D eigenvalue weighted by Crippen LogP contribution is 2.29. The summed E-state index contributed by atoms with van der Waals surface area (Å²) in [5, 5.41) is 9.85. The molecule has 0 bridgehead atoms. The minimum atomic E-state index is -0.307. The lowest BCUT2D eigenvalue weighted by molar-refractivity contribution is 0.249. The number of carbonyl (C=O) groups is 1. The molecule has 0 aliphatic rings. The molecule has 2 aromatic rings. The van der Waals surface area contributed by atoms with E-state index in [9.17, 15) is 4.79 Å². The quantitative estimate of drug-likeness (QED) is 0.888. The van der Waals surface area contributed by atoms with Crippen molar-refractivity contribution in [2.24, 2.45) is 7.05 Å². The van der Waals surface area contributed by atoms with Crippen LogP contribution in [0, 0.1) is 6.92 Å². The molecule has 0 saturated carbocycles. The maximum atomic E-state index is 12.2. The third-order valence-electron chi connectivity index (χ3n) is 3.50. The highest BCUT2D eigenvalue weighted by atomic mass is 16.5. The van der Waals surface area contributed by atoms with Gasteiger partial charge in [0, 0.05) is 24.7 Å². The molecule has 124 valence electrons. The number of nitrogens with zero attached hydrogens (tertiary/aromatic N) is 2. The first-order chi connectivity index (χ1) is 10.9. The number of hydrogen-bond donors (Lipinski definition) is 2. The van der Waals surface area contributed by atoms with E-state index in [0.29, 0.717) is 17.3 Å². The van der Waals surface area contributed by atoms with Crippen LogP contribution in [0.3, 0.4) is 0 Å². The Bertz CT molecular complexity index is 697. The van der Waals surface area contributed by atoms with Crippen molar-refractivity contribution in [2.75, 3.05) is 19.5 Å². The molecular weight excluding hydrogens is 296 g/mol. The Balaban J connectivity index is 2.07. The maximum Gasteiger partial charge on any atom is 0.320 e. The lowest BCUT2D eigenvalue weighted by Gasteiger charge is -2.18. The number of urea groups is 1. The standard InChI is InChI=1S/C16H22N4O3/c1-10-8-15(20(3)19-10)18-16(21)17-11(2)13-7-6-12(22-4)9-14(13)23-5/h6-9,11H,1-5H3,(H2,17,18,21)/t11-/m1/s1. The molecule has 7 heteroatoms. The molecular formula is C16H22N4O3. The Kier molecular flexibility index (Phi) is 5.10. The van der Waals surface area contributed by atoms with Crippen LogP contribution >= 0.6 is 0 Å². The summed E-state index contributed by atoms with van der Waals surface area (Å²) in [6.45, 7) is 3.76. The first-order valence-electron chi connectivity index (χ1n) is 7.24. The van der Waals surface area contributed by atoms with E-state index < -0.39 is 0 Å². The van der Waals surface area contributed by atoms with E-state index >= 15 is 0 Å². The van der Waals surface area contributed by atoms with Gasteiger partial charge in [-0.3, -0.25) is 10.00 Å². The lowest BCUT2D eigenvalue weighted by Crippen LogP contribution is -2.32. The van der Waals surface area contributed by atoms with Crippen LogP contribution in [0.5, 0.6) is 11.5 Å². The van der Waals surface area contributed by atoms with Gasteiger partial charge in [-0.25, -0.2) is 4.79 Å². The predicted octanol–water partition coefficient (Wildman–Crippen LogP) is 2.63. The minimum absolute atomic E-state index is 0.231. The van der Waals surface area contributed by atoms with Crippen LogP contribution in [0.1, 0.15) is 24.2 Å². The fourth-order valence-electron chi connectivity index (χ4n) is 2.33. The molecule has 1 heterocycles. The van der Waals surface area contributed by atoms with Gasteiger partial charge in [0.2, 0.25) is 0 Å². The van der Waals surface area contributed by atoms with E-state index in [0.717, 1.165) is 11.3 Å². The van der Waals surface area contributed by atoms with Crippen molar-refractivity contribution in [1.82, 2.24) is 15.1 Å². The summed E-state index contributed by atoms with van der Waals surface area (Å²) >= 11 is 0. The highest BCUT2D eigenvalue weighted by molar-refractivity contribution is 5.88. The Hall–Kier alpha value is -2.70. The second-order valence-corrected chi connectivity index (χ2v) is 5.22. The van der Waals surface area contributed by atoms with Crippen LogP contribution in [-0.2, 0) is 7.05 Å². The number of anilines is 1. The Morgan fingerprint density at radius 3 is 2.57 bits per heavy atom. The third-order valence-corrected chi connectivity index (χ3v) is 3.50. The van der Waals surface area contributed by atoms with Crippen LogP contribution in [0.15, 0.2) is 24.3 Å². The molecule has 2 rings (SSSR count). The first kappa shape index (κ1) is 16.7. The molecule has 0 fully saturated rings. The molecule has 0 spiro atoms. The number of aryl methyl sites for hydroxylation is 2. The van der Waals surface area contributed by atoms with Gasteiger partial charge >= 0.3 is 6.03 Å². The molecule has 2 amide bonds. The third kappa shape index (κ3) is 3.94. The summed E-state index contributed by atoms with van der Waals surface area (Å²) in [4.78, 5) is 12.2. The number of amides is 2. The number of benzene rings is 1. The molecule has 7 nitrogen and oxygen atoms in total. The average molecular weight is 318 g/mol. The van der Waals surface area contributed by atoms with Gasteiger partial charge in [-0.05, 0) is 26.0 Å². The van der Waals surface area contributed by atoms with Crippen molar-refractivity contribution in [3.05, 3.63) is 35.5 Å². The number of hydrogen-bond acceptors (Lipinski definition) is 4. The number of aromatic nitrogens is 2. The largest absolute Gasteiger partial charge is 0.497 e. The van der Waals surface area contributed by atoms with Gasteiger partial charge in [-0.1, -0.05) is 0 Å². The molecule has 2 N–H and O–H groups in total. The maximum absolute atomic E-state index is 12.2. The topological polar surface area (TPSA) is 77.4 Å². The molecule has 0 aliphatic carbocycles. The minimum Gasteiger partial charge on any atom is -0.497 e. The zero-order valence-corrected chi connectivity index (χ0v) is 14.0. The molecule has 1 aromatic heterocycles. The summed E-state index contributed by atoms with van der Waals surface area (Å²) in [6, 6.07) is 6.76. The zero-order chi connectivity index (χ0) is 17.0. The second kappa shape index (κ2) is 7.04. The number of methoxy groups -OCH3 is 2. The molecule has 0 unspecified atom stereocenters. The SMILES string of the molecule is COc1ccc([C@@H](C)NC(=O)Nc2cc(C)nn2C)c(OC)c1. The van der Waals surface area contributed by atoms with Crippen molar-refractivity contribution < 1.29 is 14.3 Å². The highest BCUT2D eigenvalue weighted by Gasteiger charge is 2.15. The average Bonchev–Trinajstić information content (AvgIpc) is 2.83. The summed E-state index contributed by atoms with van der Waals surface area (Å²) < 4.78 is 12.2. The van der Waals surface area contributed by atoms with Crippen molar-refractivity contribution in [3.63, 3.8) is 0 Å². The van der Waals surface area contributed by atoms with Gasteiger partial charge in [0.25, 0.3) is 0 Å². The van der Waals surface area contributed by atoms with Gasteiger partial charge in [-0.2, -0.15) is 5.10 Å². The van der Waals surface area contributed by atoms with E-state index in [1.165, 1.54) is 0 Å². The monoisotopic (exact) mass is 318 g/mol. The van der Waals surface area contributed by atoms with Crippen LogP contribution in [0.25, 0.3) is 0 Å². The molecule has 0 aliphatic heterocycles. The van der Waals surface area contributed by atoms with Gasteiger partial charge in [0.15, 0.2) is 0 Å². The van der Waals surface area contributed by atoms with Crippen LogP contribution in [0.2, 0.25) is 0 Å². The first-order valence-corrected chi connectivity index (χ1v) is 7.24. The fourth-order valence-corrected chi connectivity index (χ4v) is 2.33. The molecule has 1 aromatic carbocycles. The Morgan fingerprint density at radius 2 is 2.00 bits per heavy atom. The number of nitrogens with one attached hydrogen (secondary N) is 2. The summed E-state index contributed by atoms with van der Waals surface area (Å²) in [7, 11) is 4.96. The normalized spacial score (nSPS) is 11.7. The van der Waals surface area contributed by atoms with Crippen molar-refractivity contribution in [1.29, 1.82) is 0 Å². The zero-order valence-electron chi connectivity index (χ0n) is 14.0. The predicted molar refractivity (Wildman–Crippen MR) is 88.1 cm³/mol. The van der Waals surface area contributed by atoms with Crippen molar-refractivity contribution in [2.45, 2.75) is 19.9 Å². The number of ether oxygens (including phenoxy) is 2. The van der Waals surface area contributed by atoms with E-state index in [4.69, 9.17) is 9.47 Å². The van der Waals surface area contributed by atoms with E-state index in [1.807, 2.05) is 26.0 Å². The summed E-state index contributed by atoms with van der Waals surface area (Å²) in [5.74, 6) is 2.00. The van der Waals surface area contributed by atoms with Crippen LogP contribution in [-0.4, -0.2) is 30.0 Å². The van der Waals surface area contributed by atoms with Crippen LogP contribution in [0.4, 0.5) is 10.6 Å². The summed E-state index contributed by atoms with van der Waals surface area (Å²) in [6.07, 6.45) is 0. The van der Waals surface area contributed by atoms with E-state index in [-0.39, 0.29) is 12.1 Å². The Morgan fingerprint density at radius 1 is 1.26 bits per heavy atom. The lowest BCUT2D eigenvalue weighted by atomic mass is 10.1. The van der Waals surface area contributed by atoms with Gasteiger partial charge < -0.3 is 14.8 Å². The molecule has 23 heavy (non-hydrogen) atoms. The van der Waals surface area contributed by atoms with E-state index in [1.54, 1.807) is 38.1 Å². The molecule has 1 atom stereocenters. The smallest absolute Gasteiger partial charge is 0.320 e. The number of rotatable bonds is 5. The van der Waals surface area contributed by atoms with Crippen molar-refractivity contribution >= 4 is 11.8 Å². The molecule has 0 saturated heterocycles. The fraction of sp³-hybridized carbons (Fsp3) is 0.375. The Labute approximate surface area is 135 Å². The van der Waals surface area contributed by atoms with Gasteiger partial charge in [0.05, 0.1) is 26.0 Å². The van der Waals surface area contributed by atoms with Crippen LogP contribution < -0.4 is 20.1 Å². The molecule has 0 radical (unpaired) electrons. The van der Waals surface area contributed by atoms with Gasteiger partial charge in [0.1, 0.15) is 17.3 Å². The van der Waals surface area contributed by atoms with E-state index in [2.05, 4.69) is 15.7 Å². The number of carbonyl (C=O) groups excluding carboxylic acids is 1. The second-order valence-electron chi connectivity index (χ2n) is 5.22. The summed E-state index contributed by atoms with van der Waals surface area (Å²) in [5.41, 5.74) is 1.71. The van der Waals surface area contributed by atoms with Crippen molar-refractivity contribution in [3.8, 4) is 11.5 Å².